The summed E-state index contributed by atoms with van der Waals surface area (Å²) in [6.07, 6.45) is 9.50. The van der Waals surface area contributed by atoms with Gasteiger partial charge in [-0.25, -0.2) is 4.79 Å². The second-order valence-corrected chi connectivity index (χ2v) is 9.00. The zero-order chi connectivity index (χ0) is 22.6. The third kappa shape index (κ3) is 4.63. The maximum Gasteiger partial charge on any atom is 0.335 e. The maximum atomic E-state index is 12.5. The number of carboxylic acids is 1. The van der Waals surface area contributed by atoms with Gasteiger partial charge in [0.05, 0.1) is 17.7 Å². The number of carboxylic acid groups (broad SMARTS) is 1. The van der Waals surface area contributed by atoms with E-state index >= 15 is 0 Å². The average molecular weight is 434 g/mol. The highest BCUT2D eigenvalue weighted by molar-refractivity contribution is 5.87. The minimum Gasteiger partial charge on any atom is -0.478 e. The van der Waals surface area contributed by atoms with Gasteiger partial charge in [0.15, 0.2) is 0 Å². The average Bonchev–Trinajstić information content (AvgIpc) is 3.45. The van der Waals surface area contributed by atoms with Gasteiger partial charge in [-0.15, -0.1) is 0 Å². The molecule has 2 aromatic carbocycles. The summed E-state index contributed by atoms with van der Waals surface area (Å²) in [6, 6.07) is 17.1. The van der Waals surface area contributed by atoms with Crippen LogP contribution in [0, 0.1) is 0 Å². The van der Waals surface area contributed by atoms with Crippen LogP contribution in [0.5, 0.6) is 0 Å². The van der Waals surface area contributed by atoms with E-state index in [4.69, 9.17) is 5.11 Å². The van der Waals surface area contributed by atoms with Gasteiger partial charge in [0, 0.05) is 18.4 Å². The van der Waals surface area contributed by atoms with Gasteiger partial charge < -0.3 is 15.1 Å². The van der Waals surface area contributed by atoms with Crippen LogP contribution < -0.4 is 0 Å². The van der Waals surface area contributed by atoms with E-state index in [0.717, 1.165) is 37.7 Å². The molecule has 2 aliphatic rings. The van der Waals surface area contributed by atoms with E-state index in [1.165, 1.54) is 5.56 Å². The fourth-order valence-corrected chi connectivity index (χ4v) is 5.26. The predicted octanol–water partition coefficient (Wildman–Crippen LogP) is 4.35. The molecule has 0 bridgehead atoms. The molecule has 1 heterocycles. The molecule has 2 fully saturated rings. The van der Waals surface area contributed by atoms with Crippen LogP contribution in [-0.4, -0.2) is 45.7 Å². The highest BCUT2D eigenvalue weighted by Crippen LogP contribution is 2.44. The van der Waals surface area contributed by atoms with Crippen LogP contribution in [0.1, 0.15) is 60.0 Å². The number of carbonyl (C=O) groups excluding carboxylic acids is 1. The molecule has 2 atom stereocenters. The quantitative estimate of drug-likeness (QED) is 0.607. The van der Waals surface area contributed by atoms with E-state index in [-0.39, 0.29) is 22.9 Å². The molecular weight excluding hydrogens is 402 g/mol. The molecule has 0 radical (unpaired) electrons. The summed E-state index contributed by atoms with van der Waals surface area (Å²) in [5.74, 6) is -0.805. The Balaban J connectivity index is 1.43. The molecule has 5 nitrogen and oxygen atoms in total. The van der Waals surface area contributed by atoms with Gasteiger partial charge >= 0.3 is 5.97 Å². The number of hydrogen-bond donors (Lipinski definition) is 2. The normalized spacial score (nSPS) is 21.3. The van der Waals surface area contributed by atoms with Gasteiger partial charge in [0.1, 0.15) is 0 Å². The Morgan fingerprint density at radius 1 is 1.09 bits per heavy atom. The van der Waals surface area contributed by atoms with E-state index < -0.39 is 12.1 Å². The highest BCUT2D eigenvalue weighted by Gasteiger charge is 2.41. The molecule has 1 saturated heterocycles. The minimum atomic E-state index is -0.939. The molecule has 4 rings (SSSR count). The zero-order valence-electron chi connectivity index (χ0n) is 18.3. The molecule has 168 valence electrons. The lowest BCUT2D eigenvalue weighted by Gasteiger charge is -2.34. The van der Waals surface area contributed by atoms with Crippen molar-refractivity contribution in [1.82, 2.24) is 4.90 Å². The number of benzene rings is 2. The Labute approximate surface area is 189 Å². The number of rotatable bonds is 8. The highest BCUT2D eigenvalue weighted by atomic mass is 16.4. The van der Waals surface area contributed by atoms with Crippen LogP contribution in [0.4, 0.5) is 0 Å². The number of amides is 1. The van der Waals surface area contributed by atoms with Crippen LogP contribution >= 0.6 is 0 Å². The number of aliphatic hydroxyl groups excluding tert-OH is 1. The van der Waals surface area contributed by atoms with Crippen molar-refractivity contribution in [2.45, 2.75) is 62.5 Å². The molecule has 2 N–H and O–H groups in total. The van der Waals surface area contributed by atoms with Gasteiger partial charge in [-0.3, -0.25) is 4.79 Å². The van der Waals surface area contributed by atoms with Gasteiger partial charge in [-0.05, 0) is 48.9 Å². The Morgan fingerprint density at radius 2 is 1.78 bits per heavy atom. The summed E-state index contributed by atoms with van der Waals surface area (Å²) in [7, 11) is 0. The number of hydrogen-bond acceptors (Lipinski definition) is 3. The molecule has 1 amide bonds. The number of carbonyl (C=O) groups is 2. The molecule has 2 aromatic rings. The van der Waals surface area contributed by atoms with Crippen molar-refractivity contribution in [2.24, 2.45) is 0 Å². The van der Waals surface area contributed by atoms with Crippen LogP contribution in [0.15, 0.2) is 66.7 Å². The van der Waals surface area contributed by atoms with Gasteiger partial charge in [-0.2, -0.15) is 0 Å². The second-order valence-electron chi connectivity index (χ2n) is 9.00. The lowest BCUT2D eigenvalue weighted by atomic mass is 9.74. The lowest BCUT2D eigenvalue weighted by Crippen LogP contribution is -2.37. The van der Waals surface area contributed by atoms with Crippen molar-refractivity contribution in [3.8, 4) is 0 Å². The SMILES string of the molecule is O=C(O)c1ccc(CCN2C(=O)CC[C@@H]2C=C[C@H](O)C2(c3ccccc3)CCCC2)cc1. The Hall–Kier alpha value is -2.92. The maximum absolute atomic E-state index is 12.5. The number of aliphatic hydroxyl groups is 1. The number of likely N-dealkylation sites (tertiary alicyclic amines) is 1. The topological polar surface area (TPSA) is 77.8 Å². The first-order chi connectivity index (χ1) is 15.5. The van der Waals surface area contributed by atoms with Crippen molar-refractivity contribution in [3.05, 3.63) is 83.4 Å². The fourth-order valence-electron chi connectivity index (χ4n) is 5.26. The molecule has 0 aromatic heterocycles. The summed E-state index contributed by atoms with van der Waals surface area (Å²) < 4.78 is 0. The van der Waals surface area contributed by atoms with Crippen LogP contribution in [0.2, 0.25) is 0 Å². The molecule has 1 aliphatic carbocycles. The largest absolute Gasteiger partial charge is 0.478 e. The number of nitrogens with zero attached hydrogens (tertiary/aromatic N) is 1. The van der Waals surface area contributed by atoms with E-state index in [1.54, 1.807) is 12.1 Å². The molecule has 5 heteroatoms. The van der Waals surface area contributed by atoms with Crippen LogP contribution in [0.25, 0.3) is 0 Å². The van der Waals surface area contributed by atoms with Crippen molar-refractivity contribution in [3.63, 3.8) is 0 Å². The molecule has 0 spiro atoms. The summed E-state index contributed by atoms with van der Waals surface area (Å²) in [6.45, 7) is 0.584. The Morgan fingerprint density at radius 3 is 2.44 bits per heavy atom. The van der Waals surface area contributed by atoms with Crippen LogP contribution in [0.3, 0.4) is 0 Å². The van der Waals surface area contributed by atoms with Crippen molar-refractivity contribution in [1.29, 1.82) is 0 Å². The Bertz CT molecular complexity index is 961. The van der Waals surface area contributed by atoms with E-state index in [0.29, 0.717) is 19.4 Å². The molecule has 1 saturated carbocycles. The Kier molecular flexibility index (Phi) is 6.75. The fraction of sp³-hybridized carbons (Fsp3) is 0.407. The van der Waals surface area contributed by atoms with Crippen LogP contribution in [-0.2, 0) is 16.6 Å². The molecule has 1 aliphatic heterocycles. The standard InChI is InChI=1S/C27H31NO4/c29-24(27(17-4-5-18-27)22-6-2-1-3-7-22)14-12-23-13-15-25(30)28(23)19-16-20-8-10-21(11-9-20)26(31)32/h1-3,6-12,14,23-24,29H,4-5,13,15-19H2,(H,31,32)/t23-,24-/m0/s1. The zero-order valence-corrected chi connectivity index (χ0v) is 18.3. The monoisotopic (exact) mass is 433 g/mol. The first kappa shape index (κ1) is 22.3. The lowest BCUT2D eigenvalue weighted by molar-refractivity contribution is -0.128. The first-order valence-corrected chi connectivity index (χ1v) is 11.5. The third-order valence-corrected chi connectivity index (χ3v) is 7.14. The summed E-state index contributed by atoms with van der Waals surface area (Å²) in [5, 5.41) is 20.2. The van der Waals surface area contributed by atoms with Gasteiger partial charge in [0.2, 0.25) is 5.91 Å². The number of aromatic carboxylic acids is 1. The third-order valence-electron chi connectivity index (χ3n) is 7.14. The molecular formula is C27H31NO4. The predicted molar refractivity (Wildman–Crippen MR) is 124 cm³/mol. The van der Waals surface area contributed by atoms with Crippen molar-refractivity contribution >= 4 is 11.9 Å². The van der Waals surface area contributed by atoms with Gasteiger partial charge in [0.25, 0.3) is 0 Å². The second kappa shape index (κ2) is 9.70. The van der Waals surface area contributed by atoms with E-state index in [2.05, 4.69) is 12.1 Å². The van der Waals surface area contributed by atoms with Crippen molar-refractivity contribution in [2.75, 3.05) is 6.54 Å². The van der Waals surface area contributed by atoms with Crippen molar-refractivity contribution < 1.29 is 19.8 Å². The summed E-state index contributed by atoms with van der Waals surface area (Å²) in [5.41, 5.74) is 2.22. The first-order valence-electron chi connectivity index (χ1n) is 11.5. The summed E-state index contributed by atoms with van der Waals surface area (Å²) >= 11 is 0. The molecule has 32 heavy (non-hydrogen) atoms. The summed E-state index contributed by atoms with van der Waals surface area (Å²) in [4.78, 5) is 25.4. The smallest absolute Gasteiger partial charge is 0.335 e. The molecule has 0 unspecified atom stereocenters. The van der Waals surface area contributed by atoms with E-state index in [9.17, 15) is 14.7 Å². The van der Waals surface area contributed by atoms with E-state index in [1.807, 2.05) is 47.4 Å². The minimum absolute atomic E-state index is 0.00957. The van der Waals surface area contributed by atoms with Gasteiger partial charge in [-0.1, -0.05) is 67.5 Å².